The molecule has 0 aromatic rings. The molecule has 0 saturated heterocycles. The molecule has 68 valence electrons. The second-order valence-electron chi connectivity index (χ2n) is 2.18. The summed E-state index contributed by atoms with van der Waals surface area (Å²) in [5, 5.41) is 0. The summed E-state index contributed by atoms with van der Waals surface area (Å²) in [7, 11) is 0. The lowest BCUT2D eigenvalue weighted by atomic mass is 10.1. The molecule has 1 heterocycles. The number of halogens is 3. The molecule has 0 aromatic heterocycles. The van der Waals surface area contributed by atoms with E-state index in [1.54, 1.807) is 0 Å². The fourth-order valence-corrected chi connectivity index (χ4v) is 0.680. The van der Waals surface area contributed by atoms with Crippen LogP contribution in [0.4, 0.5) is 13.2 Å². The van der Waals surface area contributed by atoms with Crippen molar-refractivity contribution in [2.75, 3.05) is 0 Å². The third-order valence-corrected chi connectivity index (χ3v) is 1.29. The van der Waals surface area contributed by atoms with E-state index in [4.69, 9.17) is 0 Å². The number of carbonyl (C=O) groups is 1. The van der Waals surface area contributed by atoms with Crippen molar-refractivity contribution in [2.24, 2.45) is 4.99 Å². The highest BCUT2D eigenvalue weighted by Gasteiger charge is 2.34. The number of alkyl halides is 3. The fraction of sp³-hybridized carbons (Fsp3) is 0.143. The van der Waals surface area contributed by atoms with Crippen LogP contribution in [0, 0.1) is 0 Å². The summed E-state index contributed by atoms with van der Waals surface area (Å²) in [4.78, 5) is 23.4. The first kappa shape index (κ1) is 9.41. The molecule has 13 heavy (non-hydrogen) atoms. The van der Waals surface area contributed by atoms with Gasteiger partial charge in [0.2, 0.25) is 0 Å². The molecule has 0 atom stereocenters. The molecule has 1 rings (SSSR count). The first-order valence-electron chi connectivity index (χ1n) is 3.07. The zero-order valence-electron chi connectivity index (χ0n) is 6.05. The summed E-state index contributed by atoms with van der Waals surface area (Å²) in [5.41, 5.74) is -1.85. The van der Waals surface area contributed by atoms with Crippen LogP contribution in [0.2, 0.25) is 0 Å². The fourth-order valence-electron chi connectivity index (χ4n) is 0.680. The first-order valence-corrected chi connectivity index (χ1v) is 3.07. The lowest BCUT2D eigenvalue weighted by Crippen LogP contribution is -2.18. The Bertz CT molecular complexity index is 358. The van der Waals surface area contributed by atoms with Crippen LogP contribution in [0.3, 0.4) is 0 Å². The second-order valence-corrected chi connectivity index (χ2v) is 2.18. The zero-order valence-corrected chi connectivity index (χ0v) is 6.05. The minimum atomic E-state index is -4.60. The summed E-state index contributed by atoms with van der Waals surface area (Å²) >= 11 is 0. The van der Waals surface area contributed by atoms with E-state index in [0.29, 0.717) is 12.3 Å². The smallest absolute Gasteiger partial charge is 0.266 e. The van der Waals surface area contributed by atoms with Gasteiger partial charge in [0.05, 0.1) is 5.57 Å². The van der Waals surface area contributed by atoms with E-state index in [-0.39, 0.29) is 0 Å². The monoisotopic (exact) mass is 189 g/mol. The van der Waals surface area contributed by atoms with Gasteiger partial charge < -0.3 is 0 Å². The van der Waals surface area contributed by atoms with Crippen molar-refractivity contribution >= 4 is 18.1 Å². The molecule has 1 amide bonds. The highest BCUT2D eigenvalue weighted by atomic mass is 19.4. The highest BCUT2D eigenvalue weighted by Crippen LogP contribution is 2.26. The predicted octanol–water partition coefficient (Wildman–Crippen LogP) is 0.844. The van der Waals surface area contributed by atoms with Crippen molar-refractivity contribution in [3.8, 4) is 0 Å². The molecule has 0 bridgehead atoms. The van der Waals surface area contributed by atoms with Gasteiger partial charge in [-0.3, -0.25) is 4.79 Å². The SMILES string of the molecule is O=C=C1C=C(C(F)(F)F)C=NC1=O. The number of hydrogen-bond acceptors (Lipinski definition) is 2. The molecular weight excluding hydrogens is 187 g/mol. The van der Waals surface area contributed by atoms with Crippen molar-refractivity contribution in [3.63, 3.8) is 0 Å². The Morgan fingerprint density at radius 3 is 2.46 bits per heavy atom. The van der Waals surface area contributed by atoms with Gasteiger partial charge in [-0.2, -0.15) is 13.2 Å². The molecule has 0 radical (unpaired) electrons. The van der Waals surface area contributed by atoms with Gasteiger partial charge in [-0.1, -0.05) is 0 Å². The van der Waals surface area contributed by atoms with Gasteiger partial charge in [0, 0.05) is 6.21 Å². The van der Waals surface area contributed by atoms with E-state index in [0.717, 1.165) is 5.94 Å². The van der Waals surface area contributed by atoms with Crippen LogP contribution in [-0.2, 0) is 9.59 Å². The number of rotatable bonds is 0. The zero-order chi connectivity index (χ0) is 10.1. The van der Waals surface area contributed by atoms with Gasteiger partial charge in [-0.05, 0) is 6.08 Å². The average molecular weight is 189 g/mol. The number of dihydropyridines is 1. The summed E-state index contributed by atoms with van der Waals surface area (Å²) in [6.45, 7) is 0. The van der Waals surface area contributed by atoms with E-state index >= 15 is 0 Å². The lowest BCUT2D eigenvalue weighted by Gasteiger charge is -2.08. The summed E-state index contributed by atoms with van der Waals surface area (Å²) in [6.07, 6.45) is -3.81. The van der Waals surface area contributed by atoms with E-state index in [1.807, 2.05) is 0 Å². The normalized spacial score (nSPS) is 17.0. The molecule has 0 aromatic carbocycles. The molecule has 1 aliphatic rings. The Balaban J connectivity index is 3.13. The maximum atomic E-state index is 12.0. The molecule has 0 N–H and O–H groups in total. The first-order chi connectivity index (χ1) is 5.95. The largest absolute Gasteiger partial charge is 0.417 e. The van der Waals surface area contributed by atoms with Crippen LogP contribution in [0.25, 0.3) is 0 Å². The Morgan fingerprint density at radius 1 is 1.38 bits per heavy atom. The van der Waals surface area contributed by atoms with E-state index in [2.05, 4.69) is 4.99 Å². The van der Waals surface area contributed by atoms with Gasteiger partial charge >= 0.3 is 6.18 Å². The third kappa shape index (κ3) is 1.91. The number of amides is 1. The van der Waals surface area contributed by atoms with E-state index < -0.39 is 23.2 Å². The molecular formula is C7H2F3NO2. The Kier molecular flexibility index (Phi) is 2.16. The van der Waals surface area contributed by atoms with Gasteiger partial charge in [0.1, 0.15) is 11.5 Å². The molecule has 0 unspecified atom stereocenters. The van der Waals surface area contributed by atoms with Crippen molar-refractivity contribution in [2.45, 2.75) is 6.18 Å². The van der Waals surface area contributed by atoms with Crippen molar-refractivity contribution in [1.82, 2.24) is 0 Å². The number of allylic oxidation sites excluding steroid dienone is 1. The number of nitrogens with zero attached hydrogens (tertiary/aromatic N) is 1. The Hall–Kier alpha value is -1.68. The Labute approximate surface area is 70.3 Å². The summed E-state index contributed by atoms with van der Waals surface area (Å²) in [5.74, 6) is 0.0716. The van der Waals surface area contributed by atoms with Crippen LogP contribution < -0.4 is 0 Å². The van der Waals surface area contributed by atoms with Crippen LogP contribution in [0.15, 0.2) is 22.2 Å². The van der Waals surface area contributed by atoms with Crippen molar-refractivity contribution < 1.29 is 22.8 Å². The third-order valence-electron chi connectivity index (χ3n) is 1.29. The molecule has 6 heteroatoms. The summed E-state index contributed by atoms with van der Waals surface area (Å²) < 4.78 is 35.9. The van der Waals surface area contributed by atoms with Crippen molar-refractivity contribution in [1.29, 1.82) is 0 Å². The number of hydrogen-bond donors (Lipinski definition) is 0. The van der Waals surface area contributed by atoms with Crippen LogP contribution >= 0.6 is 0 Å². The van der Waals surface area contributed by atoms with Crippen molar-refractivity contribution in [3.05, 3.63) is 17.2 Å². The topological polar surface area (TPSA) is 46.5 Å². The number of carbonyl (C=O) groups excluding carboxylic acids is 2. The van der Waals surface area contributed by atoms with Crippen LogP contribution in [0.5, 0.6) is 0 Å². The average Bonchev–Trinajstić information content (AvgIpc) is 2.03. The maximum absolute atomic E-state index is 12.0. The quantitative estimate of drug-likeness (QED) is 0.418. The molecule has 3 nitrogen and oxygen atoms in total. The standard InChI is InChI=1S/C7H2F3NO2/c8-7(9,10)5-1-4(3-12)6(13)11-2-5/h1-2H. The van der Waals surface area contributed by atoms with Gasteiger partial charge in [-0.15, -0.1) is 0 Å². The minimum absolute atomic E-state index is 0.378. The van der Waals surface area contributed by atoms with Gasteiger partial charge in [0.15, 0.2) is 0 Å². The molecule has 0 fully saturated rings. The minimum Gasteiger partial charge on any atom is -0.266 e. The van der Waals surface area contributed by atoms with E-state index in [9.17, 15) is 22.8 Å². The predicted molar refractivity (Wildman–Crippen MR) is 36.8 cm³/mol. The van der Waals surface area contributed by atoms with Crippen LogP contribution in [-0.4, -0.2) is 24.2 Å². The van der Waals surface area contributed by atoms with Crippen LogP contribution in [0.1, 0.15) is 0 Å². The van der Waals surface area contributed by atoms with E-state index in [1.165, 1.54) is 0 Å². The summed E-state index contributed by atoms with van der Waals surface area (Å²) in [6, 6.07) is 0. The highest BCUT2D eigenvalue weighted by molar-refractivity contribution is 6.12. The molecule has 1 aliphatic heterocycles. The van der Waals surface area contributed by atoms with Gasteiger partial charge in [0.25, 0.3) is 5.91 Å². The lowest BCUT2D eigenvalue weighted by molar-refractivity contribution is -0.114. The molecule has 0 spiro atoms. The molecule has 0 aliphatic carbocycles. The second kappa shape index (κ2) is 2.99. The number of aliphatic imine (C=N–C) groups is 1. The van der Waals surface area contributed by atoms with Gasteiger partial charge in [-0.25, -0.2) is 9.79 Å². The maximum Gasteiger partial charge on any atom is 0.417 e. The molecule has 0 saturated carbocycles. The Morgan fingerprint density at radius 2 is 2.00 bits per heavy atom.